The Labute approximate surface area is 266 Å². The van der Waals surface area contributed by atoms with E-state index in [9.17, 15) is 10.1 Å². The molecule has 222 valence electrons. The number of hydrogen-bond acceptors (Lipinski definition) is 4. The van der Waals surface area contributed by atoms with Gasteiger partial charge < -0.3 is 4.57 Å². The van der Waals surface area contributed by atoms with Gasteiger partial charge in [-0.1, -0.05) is 146 Å². The van der Waals surface area contributed by atoms with Crippen molar-refractivity contribution in [3.8, 4) is 22.3 Å². The first-order valence-corrected chi connectivity index (χ1v) is 16.9. The maximum Gasteiger partial charge on any atom is 0.356 e. The minimum atomic E-state index is -3.23. The lowest BCUT2D eigenvalue weighted by molar-refractivity contribution is -0.238. The molecule has 0 saturated heterocycles. The van der Waals surface area contributed by atoms with E-state index in [4.69, 9.17) is 0 Å². The van der Waals surface area contributed by atoms with Gasteiger partial charge in [0.15, 0.2) is 7.14 Å². The predicted octanol–water partition coefficient (Wildman–Crippen LogP) is 8.60. The van der Waals surface area contributed by atoms with Gasteiger partial charge in [-0.2, -0.15) is 5.26 Å². The Morgan fingerprint density at radius 2 is 1.11 bits per heavy atom. The van der Waals surface area contributed by atoms with Crippen LogP contribution in [-0.2, 0) is 19.7 Å². The number of fused-ring (bicyclic) bond motifs is 4. The molecule has 0 spiro atoms. The first-order chi connectivity index (χ1) is 22.5. The lowest BCUT2D eigenvalue weighted by Gasteiger charge is -2.36. The van der Waals surface area contributed by atoms with Crippen LogP contribution in [0.4, 0.5) is 0 Å². The van der Waals surface area contributed by atoms with Gasteiger partial charge in [0, 0.05) is 15.9 Å². The molecule has 0 bridgehead atoms. The summed E-state index contributed by atoms with van der Waals surface area (Å²) in [4.78, 5) is 17.9. The molecule has 1 N–H and O–H groups in total. The summed E-state index contributed by atoms with van der Waals surface area (Å²) in [7, 11) is -3.23. The van der Waals surface area contributed by atoms with Crippen molar-refractivity contribution >= 4 is 50.6 Å². The van der Waals surface area contributed by atoms with Crippen LogP contribution >= 0.6 is 7.14 Å². The summed E-state index contributed by atoms with van der Waals surface area (Å²) < 4.78 is 15.3. The van der Waals surface area contributed by atoms with E-state index >= 15 is 4.57 Å². The number of benzene rings is 7. The Kier molecular flexibility index (Phi) is 6.54. The fraction of sp³-hybridized carbons (Fsp3) is 0.0488. The van der Waals surface area contributed by atoms with Gasteiger partial charge in [0.05, 0.1) is 0 Å². The normalized spacial score (nSPS) is 15.4. The summed E-state index contributed by atoms with van der Waals surface area (Å²) in [5, 5.41) is 16.0. The minimum absolute atomic E-state index is 0.735. The first-order valence-electron chi connectivity index (χ1n) is 15.2. The Morgan fingerprint density at radius 3 is 1.78 bits per heavy atom. The van der Waals surface area contributed by atoms with E-state index in [1.165, 1.54) is 0 Å². The van der Waals surface area contributed by atoms with Gasteiger partial charge in [-0.25, -0.2) is 4.79 Å². The summed E-state index contributed by atoms with van der Waals surface area (Å²) in [5.74, 6) is -0.735. The summed E-state index contributed by atoms with van der Waals surface area (Å²) in [6, 6.07) is 49.6. The second-order valence-electron chi connectivity index (χ2n) is 11.9. The number of carbonyl (C=O) groups is 1. The first kappa shape index (κ1) is 28.2. The molecule has 0 radical (unpaired) electrons. The maximum absolute atomic E-state index is 15.3. The van der Waals surface area contributed by atoms with Crippen LogP contribution in [0.1, 0.15) is 18.1 Å². The van der Waals surface area contributed by atoms with E-state index < -0.39 is 18.5 Å². The SMILES string of the molecule is CC1(C(=O)OO)c2ccccc2-c2c3ccccc3c(-c3cccc(P(=O)(c4ccccc4)c4ccccc4)c3)c3cccc1c23. The van der Waals surface area contributed by atoms with Gasteiger partial charge in [-0.05, 0) is 67.9 Å². The fourth-order valence-electron chi connectivity index (χ4n) is 7.41. The van der Waals surface area contributed by atoms with Crippen molar-refractivity contribution < 1.29 is 19.5 Å². The van der Waals surface area contributed by atoms with Crippen molar-refractivity contribution in [2.75, 3.05) is 0 Å². The van der Waals surface area contributed by atoms with E-state index in [0.717, 1.165) is 70.8 Å². The molecule has 8 rings (SSSR count). The van der Waals surface area contributed by atoms with Crippen molar-refractivity contribution in [2.45, 2.75) is 12.3 Å². The van der Waals surface area contributed by atoms with E-state index in [2.05, 4.69) is 35.2 Å². The lowest BCUT2D eigenvalue weighted by atomic mass is 9.66. The molecule has 46 heavy (non-hydrogen) atoms. The van der Waals surface area contributed by atoms with Crippen molar-refractivity contribution in [1.29, 1.82) is 0 Å². The molecular formula is C41H29O4P. The Bertz CT molecular complexity index is 2320. The van der Waals surface area contributed by atoms with Crippen LogP contribution in [0.15, 0.2) is 152 Å². The molecule has 0 aliphatic heterocycles. The van der Waals surface area contributed by atoms with Gasteiger partial charge in [-0.3, -0.25) is 4.89 Å². The molecular weight excluding hydrogens is 587 g/mol. The third-order valence-corrected chi connectivity index (χ3v) is 12.6. The molecule has 1 aliphatic rings. The molecule has 1 atom stereocenters. The summed E-state index contributed by atoms with van der Waals surface area (Å²) in [6.07, 6.45) is 0. The van der Waals surface area contributed by atoms with Gasteiger partial charge in [0.25, 0.3) is 0 Å². The average Bonchev–Trinajstić information content (AvgIpc) is 3.13. The molecule has 0 amide bonds. The Morgan fingerprint density at radius 1 is 0.587 bits per heavy atom. The highest BCUT2D eigenvalue weighted by Gasteiger charge is 2.46. The highest BCUT2D eigenvalue weighted by atomic mass is 31.2. The monoisotopic (exact) mass is 616 g/mol. The van der Waals surface area contributed by atoms with Crippen molar-refractivity contribution in [1.82, 2.24) is 0 Å². The van der Waals surface area contributed by atoms with Crippen LogP contribution < -0.4 is 15.9 Å². The Balaban J connectivity index is 1.48. The third-order valence-electron chi connectivity index (χ3n) is 9.55. The number of hydrogen-bond donors (Lipinski definition) is 1. The van der Waals surface area contributed by atoms with Crippen LogP contribution in [0.2, 0.25) is 0 Å². The van der Waals surface area contributed by atoms with E-state index in [1.54, 1.807) is 0 Å². The maximum atomic E-state index is 15.3. The Hall–Kier alpha value is -5.28. The molecule has 5 heteroatoms. The van der Waals surface area contributed by atoms with Crippen LogP contribution in [0, 0.1) is 0 Å². The largest absolute Gasteiger partial charge is 0.356 e. The minimum Gasteiger partial charge on any atom is -0.309 e. The third kappa shape index (κ3) is 3.91. The van der Waals surface area contributed by atoms with Crippen LogP contribution in [0.25, 0.3) is 43.8 Å². The molecule has 7 aromatic rings. The second-order valence-corrected chi connectivity index (χ2v) is 14.7. The molecule has 1 unspecified atom stereocenters. The number of carbonyl (C=O) groups excluding carboxylic acids is 1. The van der Waals surface area contributed by atoms with Gasteiger partial charge in [-0.15, -0.1) is 0 Å². The van der Waals surface area contributed by atoms with Crippen LogP contribution in [-0.4, -0.2) is 11.2 Å². The van der Waals surface area contributed by atoms with Gasteiger partial charge in [0.1, 0.15) is 5.41 Å². The zero-order chi connectivity index (χ0) is 31.5. The highest BCUT2D eigenvalue weighted by Crippen LogP contribution is 2.54. The quantitative estimate of drug-likeness (QED) is 0.0911. The zero-order valence-electron chi connectivity index (χ0n) is 25.1. The van der Waals surface area contributed by atoms with Crippen molar-refractivity contribution in [3.05, 3.63) is 163 Å². The molecule has 1 aliphatic carbocycles. The van der Waals surface area contributed by atoms with Gasteiger partial charge >= 0.3 is 5.97 Å². The fourth-order valence-corrected chi connectivity index (χ4v) is 10.1. The topological polar surface area (TPSA) is 63.6 Å². The predicted molar refractivity (Wildman–Crippen MR) is 187 cm³/mol. The van der Waals surface area contributed by atoms with Crippen LogP contribution in [0.3, 0.4) is 0 Å². The lowest BCUT2D eigenvalue weighted by Crippen LogP contribution is -2.37. The summed E-state index contributed by atoms with van der Waals surface area (Å²) in [5.41, 5.74) is 4.18. The molecule has 0 heterocycles. The summed E-state index contributed by atoms with van der Waals surface area (Å²) in [6.45, 7) is 1.81. The molecule has 4 nitrogen and oxygen atoms in total. The van der Waals surface area contributed by atoms with E-state index in [-0.39, 0.29) is 0 Å². The van der Waals surface area contributed by atoms with Crippen molar-refractivity contribution in [2.24, 2.45) is 0 Å². The van der Waals surface area contributed by atoms with Crippen molar-refractivity contribution in [3.63, 3.8) is 0 Å². The van der Waals surface area contributed by atoms with Gasteiger partial charge in [0.2, 0.25) is 0 Å². The average molecular weight is 617 g/mol. The van der Waals surface area contributed by atoms with E-state index in [1.807, 2.05) is 128 Å². The molecule has 0 aromatic heterocycles. The second kappa shape index (κ2) is 10.7. The summed E-state index contributed by atoms with van der Waals surface area (Å²) >= 11 is 0. The zero-order valence-corrected chi connectivity index (χ0v) is 25.9. The number of rotatable bonds is 5. The van der Waals surface area contributed by atoms with Crippen LogP contribution in [0.5, 0.6) is 0 Å². The van der Waals surface area contributed by atoms with E-state index in [0.29, 0.717) is 0 Å². The standard InChI is InChI=1S/C41H29O4P/c1-41(40(42)45-43)35-24-11-10-22-33(35)38-32-21-9-8-20-31(32)37(34-23-13-25-36(41)39(34)38)27-14-12-19-30(26-27)46(44,28-15-4-2-5-16-28)29-17-6-3-7-18-29/h2-26,43H,1H3. The smallest absolute Gasteiger partial charge is 0.309 e. The molecule has 0 saturated carbocycles. The molecule has 0 fully saturated rings. The molecule has 7 aromatic carbocycles. The highest BCUT2D eigenvalue weighted by molar-refractivity contribution is 7.85.